The smallest absolute Gasteiger partial charge is 0.185 e. The Morgan fingerprint density at radius 3 is 1.56 bits per heavy atom. The van der Waals surface area contributed by atoms with E-state index >= 15 is 0 Å². The third-order valence-corrected chi connectivity index (χ3v) is 8.33. The molecule has 0 unspecified atom stereocenters. The highest BCUT2D eigenvalue weighted by molar-refractivity contribution is 7.80. The predicted molar refractivity (Wildman–Crippen MR) is 201 cm³/mol. The number of nitrogens with one attached hydrogen (secondary N) is 2. The van der Waals surface area contributed by atoms with Gasteiger partial charge in [-0.05, 0) is 119 Å². The summed E-state index contributed by atoms with van der Waals surface area (Å²) in [5.74, 6) is 4.82. The number of fused-ring (bicyclic) bond motifs is 2. The fourth-order valence-corrected chi connectivity index (χ4v) is 5.77. The van der Waals surface area contributed by atoms with Gasteiger partial charge in [-0.25, -0.2) is 24.6 Å². The van der Waals surface area contributed by atoms with Crippen molar-refractivity contribution in [3.8, 4) is 33.6 Å². The maximum atomic E-state index is 13.1. The molecule has 11 heteroatoms. The van der Waals surface area contributed by atoms with Gasteiger partial charge in [0, 0.05) is 22.7 Å². The second-order valence-electron chi connectivity index (χ2n) is 11.4. The van der Waals surface area contributed by atoms with Gasteiger partial charge in [0.2, 0.25) is 0 Å². The lowest BCUT2D eigenvalue weighted by Gasteiger charge is -2.10. The number of thiocarbonyl (C=S) groups is 1. The van der Waals surface area contributed by atoms with Crippen LogP contribution in [0.15, 0.2) is 146 Å². The van der Waals surface area contributed by atoms with Crippen molar-refractivity contribution in [3.63, 3.8) is 0 Å². The van der Waals surface area contributed by atoms with Crippen LogP contribution in [0.4, 0.5) is 20.2 Å². The van der Waals surface area contributed by atoms with Crippen LogP contribution in [0, 0.1) is 11.6 Å². The largest absolute Gasteiger partial charge is 0.399 e. The van der Waals surface area contributed by atoms with E-state index in [2.05, 4.69) is 20.7 Å². The average molecular weight is 681 g/mol. The van der Waals surface area contributed by atoms with E-state index in [0.717, 1.165) is 61.4 Å². The first-order chi connectivity index (χ1) is 24.3. The molecule has 2 aromatic heterocycles. The van der Waals surface area contributed by atoms with Crippen molar-refractivity contribution < 1.29 is 8.78 Å². The minimum Gasteiger partial charge on any atom is -0.399 e. The van der Waals surface area contributed by atoms with Gasteiger partial charge in [0.15, 0.2) is 5.11 Å². The molecule has 0 fully saturated rings. The van der Waals surface area contributed by atoms with Crippen molar-refractivity contribution in [1.29, 1.82) is 0 Å². The van der Waals surface area contributed by atoms with Gasteiger partial charge >= 0.3 is 0 Å². The average Bonchev–Trinajstić information content (AvgIpc) is 3.77. The number of rotatable bonds is 5. The fraction of sp³-hybridized carbons (Fsp3) is 0. The van der Waals surface area contributed by atoms with Crippen LogP contribution in [0.25, 0.3) is 55.7 Å². The van der Waals surface area contributed by atoms with Crippen LogP contribution in [0.1, 0.15) is 0 Å². The number of hydrazine groups is 1. The molecule has 50 heavy (non-hydrogen) atoms. The standard InChI is InChI=1S/C20H16FN5S.C19H14FN3/c21-15-7-4-13(5-8-15)14-6-9-19-18(10-14)23-12-26(19)17-3-1-2-16(11-17)24-20(27)25-22;20-15-7-4-13(5-8-15)14-6-9-19-18(10-14)22-12-23(19)17-3-1-2-16(21)11-17/h1-12H,22H2,(H2,24,25,27);1-12H,21H2. The SMILES string of the molecule is NNC(=S)Nc1cccc(-n2cnc3cc(-c4ccc(F)cc4)ccc32)c1.Nc1cccc(-n2cnc3cc(-c4ccc(F)cc4)ccc32)c1. The molecule has 8 aromatic rings. The van der Waals surface area contributed by atoms with Gasteiger partial charge in [0.25, 0.3) is 0 Å². The zero-order valence-corrected chi connectivity index (χ0v) is 27.3. The Bertz CT molecular complexity index is 2450. The van der Waals surface area contributed by atoms with E-state index < -0.39 is 0 Å². The van der Waals surface area contributed by atoms with Gasteiger partial charge < -0.3 is 16.5 Å². The molecule has 0 aliphatic heterocycles. The first-order valence-corrected chi connectivity index (χ1v) is 16.0. The monoisotopic (exact) mass is 680 g/mol. The van der Waals surface area contributed by atoms with Crippen LogP contribution >= 0.6 is 12.2 Å². The molecule has 246 valence electrons. The second kappa shape index (κ2) is 14.0. The van der Waals surface area contributed by atoms with Gasteiger partial charge in [-0.1, -0.05) is 48.5 Å². The van der Waals surface area contributed by atoms with Gasteiger partial charge in [-0.15, -0.1) is 0 Å². The number of nitrogens with zero attached hydrogens (tertiary/aromatic N) is 4. The number of imidazole rings is 2. The Balaban J connectivity index is 0.000000159. The predicted octanol–water partition coefficient (Wildman–Crippen LogP) is 8.41. The molecule has 0 radical (unpaired) electrons. The van der Waals surface area contributed by atoms with Gasteiger partial charge in [-0.2, -0.15) is 0 Å². The number of anilines is 2. The summed E-state index contributed by atoms with van der Waals surface area (Å²) < 4.78 is 30.2. The number of nitrogen functional groups attached to an aromatic ring is 1. The molecule has 2 heterocycles. The topological polar surface area (TPSA) is 112 Å². The maximum Gasteiger partial charge on any atom is 0.185 e. The summed E-state index contributed by atoms with van der Waals surface area (Å²) in [5.41, 5.74) is 19.3. The molecule has 6 N–H and O–H groups in total. The Kier molecular flexibility index (Phi) is 8.98. The van der Waals surface area contributed by atoms with Crippen molar-refractivity contribution in [1.82, 2.24) is 24.5 Å². The number of halogens is 2. The minimum atomic E-state index is -0.248. The lowest BCUT2D eigenvalue weighted by atomic mass is 10.1. The van der Waals surface area contributed by atoms with E-state index in [1.165, 1.54) is 24.3 Å². The van der Waals surface area contributed by atoms with E-state index in [1.54, 1.807) is 36.9 Å². The normalized spacial score (nSPS) is 10.9. The number of hydrogen-bond acceptors (Lipinski definition) is 5. The van der Waals surface area contributed by atoms with Crippen molar-refractivity contribution in [2.24, 2.45) is 5.84 Å². The van der Waals surface area contributed by atoms with Crippen LogP contribution in [-0.4, -0.2) is 24.2 Å². The molecule has 0 saturated carbocycles. The Hall–Kier alpha value is -6.43. The summed E-state index contributed by atoms with van der Waals surface area (Å²) in [5, 5.41) is 3.35. The third-order valence-electron chi connectivity index (χ3n) is 8.11. The van der Waals surface area contributed by atoms with E-state index in [9.17, 15) is 8.78 Å². The molecular formula is C39H30F2N8S. The molecule has 0 aliphatic carbocycles. The van der Waals surface area contributed by atoms with Crippen molar-refractivity contribution in [3.05, 3.63) is 158 Å². The zero-order valence-electron chi connectivity index (χ0n) is 26.5. The Morgan fingerprint density at radius 2 is 1.06 bits per heavy atom. The lowest BCUT2D eigenvalue weighted by molar-refractivity contribution is 0.627. The van der Waals surface area contributed by atoms with E-state index in [4.69, 9.17) is 23.8 Å². The summed E-state index contributed by atoms with van der Waals surface area (Å²) in [7, 11) is 0. The molecule has 0 aliphatic rings. The molecule has 0 amide bonds. The molecular weight excluding hydrogens is 651 g/mol. The number of hydrogen-bond donors (Lipinski definition) is 4. The first-order valence-electron chi connectivity index (χ1n) is 15.5. The van der Waals surface area contributed by atoms with E-state index in [0.29, 0.717) is 10.8 Å². The van der Waals surface area contributed by atoms with E-state index in [-0.39, 0.29) is 11.6 Å². The summed E-state index contributed by atoms with van der Waals surface area (Å²) in [6.07, 6.45) is 3.56. The highest BCUT2D eigenvalue weighted by Crippen LogP contribution is 2.28. The van der Waals surface area contributed by atoms with Crippen molar-refractivity contribution >= 4 is 50.8 Å². The summed E-state index contributed by atoms with van der Waals surface area (Å²) in [6, 6.07) is 40.4. The molecule has 0 spiro atoms. The molecule has 0 saturated heterocycles. The summed E-state index contributed by atoms with van der Waals surface area (Å²) in [6.45, 7) is 0. The molecule has 0 bridgehead atoms. The number of benzene rings is 6. The summed E-state index contributed by atoms with van der Waals surface area (Å²) in [4.78, 5) is 8.99. The Morgan fingerprint density at radius 1 is 0.580 bits per heavy atom. The summed E-state index contributed by atoms with van der Waals surface area (Å²) >= 11 is 5.04. The van der Waals surface area contributed by atoms with Gasteiger partial charge in [0.1, 0.15) is 24.3 Å². The molecule has 8 nitrogen and oxygen atoms in total. The minimum absolute atomic E-state index is 0.235. The number of nitrogens with two attached hydrogens (primary N) is 2. The quantitative estimate of drug-likeness (QED) is 0.0625. The first kappa shape index (κ1) is 32.1. The molecule has 6 aromatic carbocycles. The van der Waals surface area contributed by atoms with Crippen LogP contribution < -0.4 is 22.3 Å². The molecule has 8 rings (SSSR count). The number of aromatic nitrogens is 4. The van der Waals surface area contributed by atoms with E-state index in [1.807, 2.05) is 94.1 Å². The highest BCUT2D eigenvalue weighted by Gasteiger charge is 2.09. The third kappa shape index (κ3) is 6.90. The second-order valence-corrected chi connectivity index (χ2v) is 11.8. The fourth-order valence-electron chi connectivity index (χ4n) is 5.66. The van der Waals surface area contributed by atoms with Gasteiger partial charge in [-0.3, -0.25) is 9.13 Å². The van der Waals surface area contributed by atoms with Crippen LogP contribution in [0.5, 0.6) is 0 Å². The maximum absolute atomic E-state index is 13.1. The van der Waals surface area contributed by atoms with Crippen LogP contribution in [-0.2, 0) is 0 Å². The van der Waals surface area contributed by atoms with Crippen LogP contribution in [0.3, 0.4) is 0 Å². The highest BCUT2D eigenvalue weighted by atomic mass is 32.1. The lowest BCUT2D eigenvalue weighted by Crippen LogP contribution is -2.34. The Labute approximate surface area is 291 Å². The van der Waals surface area contributed by atoms with Crippen molar-refractivity contribution in [2.75, 3.05) is 11.1 Å². The molecule has 0 atom stereocenters. The van der Waals surface area contributed by atoms with Crippen LogP contribution in [0.2, 0.25) is 0 Å². The zero-order chi connectivity index (χ0) is 34.6. The van der Waals surface area contributed by atoms with Gasteiger partial charge in [0.05, 0.1) is 22.1 Å². The van der Waals surface area contributed by atoms with Crippen molar-refractivity contribution in [2.45, 2.75) is 0 Å².